The van der Waals surface area contributed by atoms with Gasteiger partial charge in [-0.25, -0.2) is 8.42 Å². The molecule has 1 heterocycles. The topological polar surface area (TPSA) is 119 Å². The van der Waals surface area contributed by atoms with Crippen molar-refractivity contribution in [3.63, 3.8) is 0 Å². The fourth-order valence-corrected chi connectivity index (χ4v) is 5.51. The summed E-state index contributed by atoms with van der Waals surface area (Å²) in [4.78, 5) is 22.1. The molecule has 1 amide bonds. The van der Waals surface area contributed by atoms with Crippen molar-refractivity contribution >= 4 is 27.3 Å². The number of carbonyl (C=O) groups excluding carboxylic acids is 1. The highest BCUT2D eigenvalue weighted by atomic mass is 32.2. The van der Waals surface area contributed by atoms with Gasteiger partial charge in [0.05, 0.1) is 9.82 Å². The lowest BCUT2D eigenvalue weighted by molar-refractivity contribution is -0.385. The summed E-state index contributed by atoms with van der Waals surface area (Å²) in [6.45, 7) is 6.12. The van der Waals surface area contributed by atoms with E-state index in [1.165, 1.54) is 29.4 Å². The van der Waals surface area contributed by atoms with Crippen molar-refractivity contribution in [2.24, 2.45) is 11.8 Å². The van der Waals surface area contributed by atoms with Gasteiger partial charge in [-0.15, -0.1) is 0 Å². The molecular weight excluding hydrogens is 422 g/mol. The molecule has 166 valence electrons. The molecule has 0 spiro atoms. The third-order valence-corrected chi connectivity index (χ3v) is 6.81. The molecule has 1 aliphatic rings. The molecule has 31 heavy (non-hydrogen) atoms. The van der Waals surface area contributed by atoms with Crippen LogP contribution in [0.3, 0.4) is 0 Å². The van der Waals surface area contributed by atoms with E-state index < -0.39 is 20.6 Å². The highest BCUT2D eigenvalue weighted by Crippen LogP contribution is 2.35. The van der Waals surface area contributed by atoms with Crippen LogP contribution in [0.4, 0.5) is 11.4 Å². The predicted molar refractivity (Wildman–Crippen MR) is 116 cm³/mol. The Bertz CT molecular complexity index is 1090. The van der Waals surface area contributed by atoms with Gasteiger partial charge in [0.25, 0.3) is 0 Å². The first-order valence-corrected chi connectivity index (χ1v) is 11.3. The van der Waals surface area contributed by atoms with Crippen LogP contribution in [0, 0.1) is 22.0 Å². The molecule has 2 atom stereocenters. The summed E-state index contributed by atoms with van der Waals surface area (Å²) in [5, 5.41) is 14.2. The maximum absolute atomic E-state index is 13.1. The average Bonchev–Trinajstić information content (AvgIpc) is 2.67. The first-order chi connectivity index (χ1) is 14.6. The third-order valence-electron chi connectivity index (χ3n) is 4.98. The van der Waals surface area contributed by atoms with Crippen LogP contribution in [0.15, 0.2) is 47.4 Å². The maximum atomic E-state index is 13.1. The quantitative estimate of drug-likeness (QED) is 0.528. The lowest BCUT2D eigenvalue weighted by atomic mass is 9.94. The van der Waals surface area contributed by atoms with E-state index in [1.54, 1.807) is 18.2 Å². The summed E-state index contributed by atoms with van der Waals surface area (Å²) >= 11 is 0. The molecule has 1 saturated heterocycles. The lowest BCUT2D eigenvalue weighted by Crippen LogP contribution is -2.42. The second-order valence-electron chi connectivity index (χ2n) is 7.97. The van der Waals surface area contributed by atoms with E-state index in [-0.39, 0.29) is 34.1 Å². The number of rotatable bonds is 6. The van der Waals surface area contributed by atoms with Crippen molar-refractivity contribution < 1.29 is 22.9 Å². The van der Waals surface area contributed by atoms with Crippen LogP contribution in [-0.4, -0.2) is 36.6 Å². The van der Waals surface area contributed by atoms with Crippen molar-refractivity contribution in [2.45, 2.75) is 32.1 Å². The smallest absolute Gasteiger partial charge is 0.312 e. The maximum Gasteiger partial charge on any atom is 0.312 e. The minimum Gasteiger partial charge on any atom is -0.450 e. The summed E-state index contributed by atoms with van der Waals surface area (Å²) in [5.41, 5.74) is 0.0179. The van der Waals surface area contributed by atoms with E-state index in [9.17, 15) is 23.3 Å². The Labute approximate surface area is 181 Å². The second kappa shape index (κ2) is 9.03. The highest BCUT2D eigenvalue weighted by molar-refractivity contribution is 7.89. The summed E-state index contributed by atoms with van der Waals surface area (Å²) in [6.07, 6.45) is 0.941. The number of benzene rings is 2. The summed E-state index contributed by atoms with van der Waals surface area (Å²) < 4.78 is 33.2. The standard InChI is InChI=1S/C21H25N3O6S/c1-14-9-15(2)13-23(12-14)31(28,29)19-7-8-21(20(11-19)24(26)27)30-18-6-4-5-17(10-18)22-16(3)25/h4-8,10-11,14-15H,9,12-13H2,1-3H3,(H,22,25)/t14-,15-/m1/s1. The molecule has 1 fully saturated rings. The van der Waals surface area contributed by atoms with Crippen LogP contribution in [0.2, 0.25) is 0 Å². The van der Waals surface area contributed by atoms with Crippen LogP contribution < -0.4 is 10.1 Å². The molecular formula is C21H25N3O6S. The Morgan fingerprint density at radius 1 is 1.16 bits per heavy atom. The van der Waals surface area contributed by atoms with E-state index in [2.05, 4.69) is 5.32 Å². The zero-order valence-electron chi connectivity index (χ0n) is 17.6. The molecule has 0 unspecified atom stereocenters. The number of nitrogens with one attached hydrogen (secondary N) is 1. The van der Waals surface area contributed by atoms with Crippen LogP contribution in [-0.2, 0) is 14.8 Å². The number of hydrogen-bond acceptors (Lipinski definition) is 6. The van der Waals surface area contributed by atoms with Crippen molar-refractivity contribution in [1.29, 1.82) is 0 Å². The number of piperidine rings is 1. The number of carbonyl (C=O) groups is 1. The largest absolute Gasteiger partial charge is 0.450 e. The van der Waals surface area contributed by atoms with Gasteiger partial charge >= 0.3 is 5.69 Å². The van der Waals surface area contributed by atoms with Gasteiger partial charge in [0.2, 0.25) is 21.7 Å². The minimum atomic E-state index is -3.87. The van der Waals surface area contributed by atoms with Crippen molar-refractivity contribution in [3.05, 3.63) is 52.6 Å². The Kier molecular flexibility index (Phi) is 6.61. The third kappa shape index (κ3) is 5.39. The molecule has 2 aromatic rings. The van der Waals surface area contributed by atoms with Gasteiger partial charge in [-0.1, -0.05) is 19.9 Å². The molecule has 10 heteroatoms. The number of nitro groups is 1. The first-order valence-electron chi connectivity index (χ1n) is 9.90. The first kappa shape index (κ1) is 22.7. The Hall–Kier alpha value is -2.98. The number of nitro benzene ring substituents is 1. The Morgan fingerprint density at radius 3 is 2.45 bits per heavy atom. The summed E-state index contributed by atoms with van der Waals surface area (Å²) in [6, 6.07) is 10.0. The fourth-order valence-electron chi connectivity index (χ4n) is 3.81. The Balaban J connectivity index is 1.91. The summed E-state index contributed by atoms with van der Waals surface area (Å²) in [7, 11) is -3.87. The van der Waals surface area contributed by atoms with Crippen LogP contribution >= 0.6 is 0 Å². The number of nitrogens with zero attached hydrogens (tertiary/aromatic N) is 2. The van der Waals surface area contributed by atoms with Crippen LogP contribution in [0.5, 0.6) is 11.5 Å². The normalized spacial score (nSPS) is 19.6. The second-order valence-corrected chi connectivity index (χ2v) is 9.90. The molecule has 0 radical (unpaired) electrons. The number of anilines is 1. The molecule has 2 aromatic carbocycles. The van der Waals surface area contributed by atoms with E-state index in [1.807, 2.05) is 13.8 Å². The van der Waals surface area contributed by atoms with Crippen molar-refractivity contribution in [3.8, 4) is 11.5 Å². The monoisotopic (exact) mass is 447 g/mol. The number of sulfonamides is 1. The molecule has 0 bridgehead atoms. The van der Waals surface area contributed by atoms with E-state index in [4.69, 9.17) is 4.74 Å². The van der Waals surface area contributed by atoms with Gasteiger partial charge in [0.15, 0.2) is 0 Å². The molecule has 3 rings (SSSR count). The van der Waals surface area contributed by atoms with Gasteiger partial charge in [-0.3, -0.25) is 14.9 Å². The molecule has 0 saturated carbocycles. The predicted octanol–water partition coefficient (Wildman–Crippen LogP) is 4.01. The zero-order chi connectivity index (χ0) is 22.8. The minimum absolute atomic E-state index is 0.0932. The van der Waals surface area contributed by atoms with Gasteiger partial charge in [-0.05, 0) is 42.5 Å². The number of ether oxygens (including phenoxy) is 1. The molecule has 0 aliphatic carbocycles. The lowest BCUT2D eigenvalue weighted by Gasteiger charge is -2.34. The van der Waals surface area contributed by atoms with E-state index >= 15 is 0 Å². The molecule has 1 aliphatic heterocycles. The van der Waals surface area contributed by atoms with Gasteiger partial charge in [0, 0.05) is 37.8 Å². The molecule has 0 aromatic heterocycles. The number of amides is 1. The number of hydrogen-bond donors (Lipinski definition) is 1. The van der Waals surface area contributed by atoms with Gasteiger partial charge < -0.3 is 10.1 Å². The zero-order valence-corrected chi connectivity index (χ0v) is 18.4. The van der Waals surface area contributed by atoms with E-state index in [0.29, 0.717) is 18.8 Å². The van der Waals surface area contributed by atoms with Crippen LogP contribution in [0.1, 0.15) is 27.2 Å². The highest BCUT2D eigenvalue weighted by Gasteiger charge is 2.33. The van der Waals surface area contributed by atoms with Crippen molar-refractivity contribution in [1.82, 2.24) is 4.31 Å². The average molecular weight is 448 g/mol. The van der Waals surface area contributed by atoms with Crippen LogP contribution in [0.25, 0.3) is 0 Å². The fraction of sp³-hybridized carbons (Fsp3) is 0.381. The van der Waals surface area contributed by atoms with Gasteiger partial charge in [-0.2, -0.15) is 4.31 Å². The molecule has 9 nitrogen and oxygen atoms in total. The summed E-state index contributed by atoms with van der Waals surface area (Å²) in [5.74, 6) is 0.339. The van der Waals surface area contributed by atoms with E-state index in [0.717, 1.165) is 12.5 Å². The molecule has 1 N–H and O–H groups in total. The van der Waals surface area contributed by atoms with Crippen molar-refractivity contribution in [2.75, 3.05) is 18.4 Å². The van der Waals surface area contributed by atoms with Gasteiger partial charge in [0.1, 0.15) is 5.75 Å². The Morgan fingerprint density at radius 2 is 1.84 bits per heavy atom. The SMILES string of the molecule is CC(=O)Nc1cccc(Oc2ccc(S(=O)(=O)N3C[C@H](C)C[C@@H](C)C3)cc2[N+](=O)[O-])c1.